The van der Waals surface area contributed by atoms with E-state index in [0.717, 1.165) is 10.6 Å². The van der Waals surface area contributed by atoms with Gasteiger partial charge in [-0.05, 0) is 30.4 Å². The summed E-state index contributed by atoms with van der Waals surface area (Å²) in [6.07, 6.45) is 5.68. The summed E-state index contributed by atoms with van der Waals surface area (Å²) in [6.45, 7) is 5.74. The molecule has 11 heavy (non-hydrogen) atoms. The van der Waals surface area contributed by atoms with Crippen LogP contribution in [0.25, 0.3) is 6.08 Å². The molecule has 0 saturated heterocycles. The summed E-state index contributed by atoms with van der Waals surface area (Å²) in [4.78, 5) is 4.26. The summed E-state index contributed by atoms with van der Waals surface area (Å²) in [7, 11) is 0. The molecule has 0 aromatic carbocycles. The molecule has 0 bridgehead atoms. The largest absolute Gasteiger partial charge is 0.249 e. The zero-order chi connectivity index (χ0) is 8.27. The summed E-state index contributed by atoms with van der Waals surface area (Å²) < 4.78 is 0. The zero-order valence-electron chi connectivity index (χ0n) is 6.79. The van der Waals surface area contributed by atoms with E-state index < -0.39 is 0 Å². The minimum absolute atomic E-state index is 1.08. The van der Waals surface area contributed by atoms with E-state index in [0.29, 0.717) is 0 Å². The molecule has 0 spiro atoms. The predicted octanol–water partition coefficient (Wildman–Crippen LogP) is 2.75. The van der Waals surface area contributed by atoms with Crippen LogP contribution in [0.4, 0.5) is 0 Å². The van der Waals surface area contributed by atoms with Crippen molar-refractivity contribution in [2.45, 2.75) is 11.9 Å². The maximum Gasteiger partial charge on any atom is 0.0986 e. The van der Waals surface area contributed by atoms with Crippen LogP contribution >= 0.6 is 11.8 Å². The van der Waals surface area contributed by atoms with Crippen molar-refractivity contribution in [1.82, 2.24) is 4.98 Å². The van der Waals surface area contributed by atoms with Crippen LogP contribution in [0.5, 0.6) is 0 Å². The standard InChI is InChI=1S/C9H11NS/c1-4-8-5-7(2)9(11-3)10-6-8/h4-6H,1H2,2-3H3. The lowest BCUT2D eigenvalue weighted by Gasteiger charge is -2.00. The van der Waals surface area contributed by atoms with Crippen LogP contribution in [0.2, 0.25) is 0 Å². The molecule has 1 aromatic heterocycles. The SMILES string of the molecule is C=Cc1cnc(SC)c(C)c1. The van der Waals surface area contributed by atoms with Crippen LogP contribution in [0, 0.1) is 6.92 Å². The van der Waals surface area contributed by atoms with Gasteiger partial charge in [0.15, 0.2) is 0 Å². The molecule has 0 atom stereocenters. The Balaban J connectivity index is 3.09. The van der Waals surface area contributed by atoms with Gasteiger partial charge < -0.3 is 0 Å². The topological polar surface area (TPSA) is 12.9 Å². The predicted molar refractivity (Wildman–Crippen MR) is 50.8 cm³/mol. The van der Waals surface area contributed by atoms with Crippen molar-refractivity contribution in [2.75, 3.05) is 6.26 Å². The smallest absolute Gasteiger partial charge is 0.0986 e. The van der Waals surface area contributed by atoms with Crippen LogP contribution in [-0.4, -0.2) is 11.2 Å². The van der Waals surface area contributed by atoms with E-state index >= 15 is 0 Å². The Hall–Kier alpha value is -0.760. The highest BCUT2D eigenvalue weighted by molar-refractivity contribution is 7.98. The molecule has 1 nitrogen and oxygen atoms in total. The van der Waals surface area contributed by atoms with Gasteiger partial charge in [0.25, 0.3) is 0 Å². The zero-order valence-corrected chi connectivity index (χ0v) is 7.61. The van der Waals surface area contributed by atoms with Crippen molar-refractivity contribution in [3.05, 3.63) is 30.0 Å². The Morgan fingerprint density at radius 2 is 2.36 bits per heavy atom. The molecule has 0 radical (unpaired) electrons. The Kier molecular flexibility index (Phi) is 2.71. The highest BCUT2D eigenvalue weighted by Gasteiger charge is 1.96. The first-order valence-corrected chi connectivity index (χ1v) is 4.63. The van der Waals surface area contributed by atoms with Gasteiger partial charge in [-0.25, -0.2) is 4.98 Å². The fourth-order valence-corrected chi connectivity index (χ4v) is 1.45. The number of hydrogen-bond acceptors (Lipinski definition) is 2. The Labute approximate surface area is 71.5 Å². The molecule has 0 saturated carbocycles. The average molecular weight is 165 g/mol. The normalized spacial score (nSPS) is 9.64. The Morgan fingerprint density at radius 3 is 2.82 bits per heavy atom. The minimum atomic E-state index is 1.08. The van der Waals surface area contributed by atoms with E-state index in [1.54, 1.807) is 11.8 Å². The summed E-state index contributed by atoms with van der Waals surface area (Å²) in [5.74, 6) is 0. The van der Waals surface area contributed by atoms with Crippen LogP contribution in [0.1, 0.15) is 11.1 Å². The van der Waals surface area contributed by atoms with Crippen molar-refractivity contribution >= 4 is 17.8 Å². The molecule has 58 valence electrons. The number of rotatable bonds is 2. The molecule has 0 aliphatic rings. The van der Waals surface area contributed by atoms with E-state index in [4.69, 9.17) is 0 Å². The molecule has 0 fully saturated rings. The van der Waals surface area contributed by atoms with E-state index in [9.17, 15) is 0 Å². The van der Waals surface area contributed by atoms with E-state index in [1.807, 2.05) is 18.5 Å². The third kappa shape index (κ3) is 1.84. The first kappa shape index (κ1) is 8.34. The number of nitrogens with zero attached hydrogens (tertiary/aromatic N) is 1. The highest BCUT2D eigenvalue weighted by Crippen LogP contribution is 2.17. The molecular weight excluding hydrogens is 154 g/mol. The van der Waals surface area contributed by atoms with Crippen molar-refractivity contribution in [2.24, 2.45) is 0 Å². The fourth-order valence-electron chi connectivity index (χ4n) is 0.909. The molecular formula is C9H11NS. The second kappa shape index (κ2) is 3.58. The molecule has 1 heterocycles. The first-order valence-electron chi connectivity index (χ1n) is 3.41. The molecule has 1 rings (SSSR count). The van der Waals surface area contributed by atoms with Gasteiger partial charge in [0, 0.05) is 6.20 Å². The van der Waals surface area contributed by atoms with Gasteiger partial charge in [0.2, 0.25) is 0 Å². The number of aromatic nitrogens is 1. The molecule has 2 heteroatoms. The van der Waals surface area contributed by atoms with Crippen LogP contribution in [0.3, 0.4) is 0 Å². The lowest BCUT2D eigenvalue weighted by atomic mass is 10.2. The van der Waals surface area contributed by atoms with Gasteiger partial charge in [0.05, 0.1) is 5.03 Å². The lowest BCUT2D eigenvalue weighted by molar-refractivity contribution is 1.08. The highest BCUT2D eigenvalue weighted by atomic mass is 32.2. The van der Waals surface area contributed by atoms with Crippen molar-refractivity contribution < 1.29 is 0 Å². The van der Waals surface area contributed by atoms with E-state index in [-0.39, 0.29) is 0 Å². The van der Waals surface area contributed by atoms with Crippen LogP contribution in [0.15, 0.2) is 23.9 Å². The van der Waals surface area contributed by atoms with Crippen LogP contribution in [-0.2, 0) is 0 Å². The second-order valence-electron chi connectivity index (χ2n) is 2.30. The Morgan fingerprint density at radius 1 is 1.64 bits per heavy atom. The molecule has 0 aliphatic heterocycles. The summed E-state index contributed by atoms with van der Waals surface area (Å²) >= 11 is 1.67. The van der Waals surface area contributed by atoms with Gasteiger partial charge >= 0.3 is 0 Å². The van der Waals surface area contributed by atoms with Gasteiger partial charge in [-0.2, -0.15) is 0 Å². The first-order chi connectivity index (χ1) is 5.27. The number of aryl methyl sites for hydroxylation is 1. The van der Waals surface area contributed by atoms with Crippen LogP contribution < -0.4 is 0 Å². The third-order valence-corrected chi connectivity index (χ3v) is 2.29. The van der Waals surface area contributed by atoms with Gasteiger partial charge in [0.1, 0.15) is 0 Å². The lowest BCUT2D eigenvalue weighted by Crippen LogP contribution is -1.85. The van der Waals surface area contributed by atoms with E-state index in [2.05, 4.69) is 24.6 Å². The summed E-state index contributed by atoms with van der Waals surface area (Å²) in [5.41, 5.74) is 2.30. The summed E-state index contributed by atoms with van der Waals surface area (Å²) in [6, 6.07) is 2.09. The Bertz CT molecular complexity index is 268. The third-order valence-electron chi connectivity index (χ3n) is 1.48. The quantitative estimate of drug-likeness (QED) is 0.625. The number of pyridine rings is 1. The second-order valence-corrected chi connectivity index (χ2v) is 3.09. The maximum absolute atomic E-state index is 4.26. The molecule has 0 unspecified atom stereocenters. The van der Waals surface area contributed by atoms with Gasteiger partial charge in [-0.1, -0.05) is 12.7 Å². The summed E-state index contributed by atoms with van der Waals surface area (Å²) in [5, 5.41) is 1.09. The molecule has 1 aromatic rings. The molecule has 0 N–H and O–H groups in total. The number of hydrogen-bond donors (Lipinski definition) is 0. The van der Waals surface area contributed by atoms with E-state index in [1.165, 1.54) is 5.56 Å². The fraction of sp³-hybridized carbons (Fsp3) is 0.222. The maximum atomic E-state index is 4.26. The molecule has 0 amide bonds. The van der Waals surface area contributed by atoms with Gasteiger partial charge in [-0.3, -0.25) is 0 Å². The molecule has 0 aliphatic carbocycles. The minimum Gasteiger partial charge on any atom is -0.249 e. The van der Waals surface area contributed by atoms with Gasteiger partial charge in [-0.15, -0.1) is 11.8 Å². The average Bonchev–Trinajstić information content (AvgIpc) is 2.04. The van der Waals surface area contributed by atoms with Crippen molar-refractivity contribution in [1.29, 1.82) is 0 Å². The van der Waals surface area contributed by atoms with Crippen molar-refractivity contribution in [3.8, 4) is 0 Å². The monoisotopic (exact) mass is 165 g/mol. The number of thioether (sulfide) groups is 1. The van der Waals surface area contributed by atoms with Crippen molar-refractivity contribution in [3.63, 3.8) is 0 Å².